The summed E-state index contributed by atoms with van der Waals surface area (Å²) in [6.07, 6.45) is -0.122. The van der Waals surface area contributed by atoms with Crippen molar-refractivity contribution in [3.05, 3.63) is 39.9 Å². The summed E-state index contributed by atoms with van der Waals surface area (Å²) in [5.41, 5.74) is 0.759. The molecule has 0 atom stereocenters. The number of carbonyl (C=O) groups excluding carboxylic acids is 1. The van der Waals surface area contributed by atoms with Crippen molar-refractivity contribution in [3.63, 3.8) is 0 Å². The Labute approximate surface area is 117 Å². The van der Waals surface area contributed by atoms with Crippen molar-refractivity contribution in [1.82, 2.24) is 0 Å². The number of ketones is 1. The highest BCUT2D eigenvalue weighted by atomic mass is 16.7. The fourth-order valence-electron chi connectivity index (χ4n) is 1.76. The first kappa shape index (κ1) is 16.3. The quantitative estimate of drug-likeness (QED) is 0.395. The second kappa shape index (κ2) is 8.39. The summed E-state index contributed by atoms with van der Waals surface area (Å²) in [5, 5.41) is 10.5. The molecule has 0 saturated heterocycles. The second-order valence-corrected chi connectivity index (χ2v) is 4.18. The molecule has 0 amide bonds. The van der Waals surface area contributed by atoms with Gasteiger partial charge in [0.15, 0.2) is 6.29 Å². The Morgan fingerprint density at radius 3 is 2.20 bits per heavy atom. The standard InChI is InChI=1S/C14H19NO5/c1-3-19-14(20-4-2)10-13(16)9-11-5-7-12(8-6-11)15(17)18/h5-8,14H,3-4,9-10H2,1-2H3. The number of non-ortho nitro benzene ring substituents is 1. The molecule has 0 N–H and O–H groups in total. The number of nitro groups is 1. The van der Waals surface area contributed by atoms with Gasteiger partial charge < -0.3 is 9.47 Å². The van der Waals surface area contributed by atoms with Gasteiger partial charge in [-0.25, -0.2) is 0 Å². The van der Waals surface area contributed by atoms with Crippen LogP contribution in [0.3, 0.4) is 0 Å². The molecule has 0 saturated carbocycles. The van der Waals surface area contributed by atoms with E-state index in [9.17, 15) is 14.9 Å². The normalized spacial score (nSPS) is 10.8. The van der Waals surface area contributed by atoms with Crippen LogP contribution in [-0.4, -0.2) is 30.2 Å². The smallest absolute Gasteiger partial charge is 0.269 e. The molecule has 0 bridgehead atoms. The minimum Gasteiger partial charge on any atom is -0.352 e. The van der Waals surface area contributed by atoms with Crippen LogP contribution in [0.2, 0.25) is 0 Å². The monoisotopic (exact) mass is 281 g/mol. The van der Waals surface area contributed by atoms with Crippen molar-refractivity contribution in [2.45, 2.75) is 33.0 Å². The van der Waals surface area contributed by atoms with Crippen molar-refractivity contribution in [1.29, 1.82) is 0 Å². The summed E-state index contributed by atoms with van der Waals surface area (Å²) in [7, 11) is 0. The summed E-state index contributed by atoms with van der Waals surface area (Å²) in [5.74, 6) is -0.0225. The first-order chi connectivity index (χ1) is 9.56. The third kappa shape index (κ3) is 5.46. The third-order valence-electron chi connectivity index (χ3n) is 2.65. The molecule has 110 valence electrons. The third-order valence-corrected chi connectivity index (χ3v) is 2.65. The molecule has 1 aromatic rings. The van der Waals surface area contributed by atoms with E-state index in [1.54, 1.807) is 12.1 Å². The first-order valence-corrected chi connectivity index (χ1v) is 6.55. The van der Waals surface area contributed by atoms with Gasteiger partial charge in [0, 0.05) is 31.8 Å². The molecule has 1 aromatic carbocycles. The van der Waals surface area contributed by atoms with E-state index in [1.165, 1.54) is 12.1 Å². The average Bonchev–Trinajstić information content (AvgIpc) is 2.39. The lowest BCUT2D eigenvalue weighted by Crippen LogP contribution is -2.22. The van der Waals surface area contributed by atoms with Gasteiger partial charge in [0.2, 0.25) is 0 Å². The Balaban J connectivity index is 2.54. The van der Waals surface area contributed by atoms with Crippen LogP contribution < -0.4 is 0 Å². The zero-order valence-electron chi connectivity index (χ0n) is 11.7. The molecule has 0 aromatic heterocycles. The number of benzene rings is 1. The van der Waals surface area contributed by atoms with Crippen molar-refractivity contribution in [2.24, 2.45) is 0 Å². The van der Waals surface area contributed by atoms with Crippen LogP contribution in [-0.2, 0) is 20.7 Å². The minimum absolute atomic E-state index is 0.0164. The van der Waals surface area contributed by atoms with Crippen LogP contribution in [0, 0.1) is 10.1 Å². The Morgan fingerprint density at radius 2 is 1.75 bits per heavy atom. The summed E-state index contributed by atoms with van der Waals surface area (Å²) < 4.78 is 10.6. The number of nitro benzene ring substituents is 1. The lowest BCUT2D eigenvalue weighted by Gasteiger charge is -2.15. The van der Waals surface area contributed by atoms with Crippen LogP contribution >= 0.6 is 0 Å². The Bertz CT molecular complexity index is 437. The summed E-state index contributed by atoms with van der Waals surface area (Å²) in [6.45, 7) is 4.64. The Morgan fingerprint density at radius 1 is 1.20 bits per heavy atom. The highest BCUT2D eigenvalue weighted by molar-refractivity contribution is 5.81. The van der Waals surface area contributed by atoms with Crippen LogP contribution in [0.5, 0.6) is 0 Å². The van der Waals surface area contributed by atoms with Gasteiger partial charge in [0.25, 0.3) is 5.69 Å². The van der Waals surface area contributed by atoms with Crippen molar-refractivity contribution in [2.75, 3.05) is 13.2 Å². The summed E-state index contributed by atoms with van der Waals surface area (Å²) >= 11 is 0. The van der Waals surface area contributed by atoms with Crippen LogP contribution in [0.4, 0.5) is 5.69 Å². The van der Waals surface area contributed by atoms with Gasteiger partial charge >= 0.3 is 0 Å². The van der Waals surface area contributed by atoms with Gasteiger partial charge in [-0.3, -0.25) is 14.9 Å². The minimum atomic E-state index is -0.518. The first-order valence-electron chi connectivity index (χ1n) is 6.55. The van der Waals surface area contributed by atoms with E-state index in [4.69, 9.17) is 9.47 Å². The highest BCUT2D eigenvalue weighted by Crippen LogP contribution is 2.13. The molecule has 1 rings (SSSR count). The van der Waals surface area contributed by atoms with E-state index in [1.807, 2.05) is 13.8 Å². The van der Waals surface area contributed by atoms with Crippen LogP contribution in [0.25, 0.3) is 0 Å². The number of nitrogens with zero attached hydrogens (tertiary/aromatic N) is 1. The number of hydrogen-bond acceptors (Lipinski definition) is 5. The van der Waals surface area contributed by atoms with Crippen molar-refractivity contribution in [3.8, 4) is 0 Å². The molecule has 0 aliphatic carbocycles. The molecule has 0 spiro atoms. The lowest BCUT2D eigenvalue weighted by molar-refractivity contribution is -0.384. The number of carbonyl (C=O) groups is 1. The summed E-state index contributed by atoms with van der Waals surface area (Å²) in [6, 6.07) is 5.97. The fraction of sp³-hybridized carbons (Fsp3) is 0.500. The zero-order chi connectivity index (χ0) is 15.0. The molecule has 0 fully saturated rings. The molecule has 0 unspecified atom stereocenters. The van der Waals surface area contributed by atoms with Crippen LogP contribution in [0.1, 0.15) is 25.8 Å². The zero-order valence-corrected chi connectivity index (χ0v) is 11.7. The van der Waals surface area contributed by atoms with E-state index in [0.29, 0.717) is 13.2 Å². The van der Waals surface area contributed by atoms with Gasteiger partial charge in [-0.05, 0) is 19.4 Å². The second-order valence-electron chi connectivity index (χ2n) is 4.18. The van der Waals surface area contributed by atoms with E-state index in [2.05, 4.69) is 0 Å². The molecule has 6 nitrogen and oxygen atoms in total. The maximum absolute atomic E-state index is 11.9. The SMILES string of the molecule is CCOC(CC(=O)Cc1ccc([N+](=O)[O-])cc1)OCC. The maximum Gasteiger partial charge on any atom is 0.269 e. The Kier molecular flexibility index (Phi) is 6.83. The molecular weight excluding hydrogens is 262 g/mol. The van der Waals surface area contributed by atoms with Crippen molar-refractivity contribution >= 4 is 11.5 Å². The molecule has 6 heteroatoms. The fourth-order valence-corrected chi connectivity index (χ4v) is 1.76. The lowest BCUT2D eigenvalue weighted by atomic mass is 10.1. The topological polar surface area (TPSA) is 78.7 Å². The Hall–Kier alpha value is -1.79. The number of rotatable bonds is 9. The molecule has 20 heavy (non-hydrogen) atoms. The summed E-state index contributed by atoms with van der Waals surface area (Å²) in [4.78, 5) is 22.0. The molecule has 0 radical (unpaired) electrons. The van der Waals surface area contributed by atoms with Gasteiger partial charge in [0.05, 0.1) is 11.3 Å². The maximum atomic E-state index is 11.9. The predicted molar refractivity (Wildman–Crippen MR) is 73.5 cm³/mol. The van der Waals surface area contributed by atoms with E-state index < -0.39 is 11.2 Å². The highest BCUT2D eigenvalue weighted by Gasteiger charge is 2.14. The van der Waals surface area contributed by atoms with E-state index in [-0.39, 0.29) is 24.3 Å². The molecule has 0 heterocycles. The average molecular weight is 281 g/mol. The molecule has 0 aliphatic heterocycles. The van der Waals surface area contributed by atoms with E-state index >= 15 is 0 Å². The van der Waals surface area contributed by atoms with Gasteiger partial charge in [-0.2, -0.15) is 0 Å². The van der Waals surface area contributed by atoms with Crippen LogP contribution in [0.15, 0.2) is 24.3 Å². The number of ether oxygens (including phenoxy) is 2. The largest absolute Gasteiger partial charge is 0.352 e. The number of Topliss-reactive ketones (excluding diaryl/α,β-unsaturated/α-hetero) is 1. The molecule has 0 aliphatic rings. The van der Waals surface area contributed by atoms with E-state index in [0.717, 1.165) is 5.56 Å². The van der Waals surface area contributed by atoms with Gasteiger partial charge in [-0.1, -0.05) is 12.1 Å². The molecular formula is C14H19NO5. The predicted octanol–water partition coefficient (Wildman–Crippen LogP) is 2.50. The van der Waals surface area contributed by atoms with Gasteiger partial charge in [-0.15, -0.1) is 0 Å². The number of hydrogen-bond donors (Lipinski definition) is 0. The van der Waals surface area contributed by atoms with Crippen molar-refractivity contribution < 1.29 is 19.2 Å². The van der Waals surface area contributed by atoms with Gasteiger partial charge in [0.1, 0.15) is 5.78 Å².